The Hall–Kier alpha value is -0.980. The molecule has 0 radical (unpaired) electrons. The summed E-state index contributed by atoms with van der Waals surface area (Å²) in [4.78, 5) is 0. The highest BCUT2D eigenvalue weighted by molar-refractivity contribution is 7.98. The van der Waals surface area contributed by atoms with Gasteiger partial charge in [-0.15, -0.1) is 0 Å². The summed E-state index contributed by atoms with van der Waals surface area (Å²) in [6, 6.07) is 4.97. The standard InChI is InChI=1S/C15H20FNS/c1-3-12(2)10-18-11-14-7-13(5-4-6-17)8-15(16)9-14/h7-9,12H,3,6,10-11,17H2,1-2H3. The number of nitrogens with two attached hydrogens (primary N) is 1. The first kappa shape index (κ1) is 15.1. The fourth-order valence-corrected chi connectivity index (χ4v) is 2.61. The summed E-state index contributed by atoms with van der Waals surface area (Å²) in [5, 5.41) is 0. The molecule has 3 heteroatoms. The minimum atomic E-state index is -0.224. The van der Waals surface area contributed by atoms with Crippen molar-refractivity contribution in [2.75, 3.05) is 12.3 Å². The van der Waals surface area contributed by atoms with Crippen molar-refractivity contribution in [2.24, 2.45) is 11.7 Å². The van der Waals surface area contributed by atoms with Crippen LogP contribution in [0.3, 0.4) is 0 Å². The summed E-state index contributed by atoms with van der Waals surface area (Å²) in [5.74, 6) is 8.04. The molecule has 0 saturated heterocycles. The molecule has 98 valence electrons. The van der Waals surface area contributed by atoms with E-state index < -0.39 is 0 Å². The second-order valence-electron chi connectivity index (χ2n) is 4.38. The van der Waals surface area contributed by atoms with Crippen LogP contribution in [-0.4, -0.2) is 12.3 Å². The van der Waals surface area contributed by atoms with Crippen LogP contribution in [0.2, 0.25) is 0 Å². The van der Waals surface area contributed by atoms with Crippen LogP contribution < -0.4 is 5.73 Å². The van der Waals surface area contributed by atoms with Gasteiger partial charge in [0.05, 0.1) is 6.54 Å². The lowest BCUT2D eigenvalue weighted by molar-refractivity contribution is 0.626. The second-order valence-corrected chi connectivity index (χ2v) is 5.41. The minimum absolute atomic E-state index is 0.224. The average molecular weight is 265 g/mol. The summed E-state index contributed by atoms with van der Waals surface area (Å²) in [7, 11) is 0. The summed E-state index contributed by atoms with van der Waals surface area (Å²) in [6.07, 6.45) is 1.18. The van der Waals surface area contributed by atoms with Gasteiger partial charge in [0.15, 0.2) is 0 Å². The van der Waals surface area contributed by atoms with Gasteiger partial charge in [0.2, 0.25) is 0 Å². The minimum Gasteiger partial charge on any atom is -0.320 e. The fourth-order valence-electron chi connectivity index (χ4n) is 1.45. The zero-order valence-corrected chi connectivity index (χ0v) is 11.8. The third kappa shape index (κ3) is 5.57. The van der Waals surface area contributed by atoms with E-state index in [1.54, 1.807) is 6.07 Å². The summed E-state index contributed by atoms with van der Waals surface area (Å²) in [5.41, 5.74) is 7.01. The zero-order chi connectivity index (χ0) is 13.4. The maximum atomic E-state index is 13.4. The van der Waals surface area contributed by atoms with Gasteiger partial charge in [-0.25, -0.2) is 4.39 Å². The zero-order valence-electron chi connectivity index (χ0n) is 11.0. The highest BCUT2D eigenvalue weighted by atomic mass is 32.2. The van der Waals surface area contributed by atoms with E-state index in [1.807, 2.05) is 17.8 Å². The molecule has 18 heavy (non-hydrogen) atoms. The van der Waals surface area contributed by atoms with Crippen LogP contribution in [0, 0.1) is 23.6 Å². The molecule has 0 fully saturated rings. The van der Waals surface area contributed by atoms with Gasteiger partial charge >= 0.3 is 0 Å². The molecule has 1 nitrogen and oxygen atoms in total. The van der Waals surface area contributed by atoms with Gasteiger partial charge in [0.25, 0.3) is 0 Å². The van der Waals surface area contributed by atoms with E-state index >= 15 is 0 Å². The SMILES string of the molecule is CCC(C)CSCc1cc(F)cc(C#CCN)c1. The number of halogens is 1. The maximum absolute atomic E-state index is 13.4. The molecular formula is C15H20FNS. The van der Waals surface area contributed by atoms with Crippen molar-refractivity contribution in [3.63, 3.8) is 0 Å². The maximum Gasteiger partial charge on any atom is 0.124 e. The van der Waals surface area contributed by atoms with Gasteiger partial charge in [-0.1, -0.05) is 32.1 Å². The van der Waals surface area contributed by atoms with E-state index in [-0.39, 0.29) is 5.82 Å². The highest BCUT2D eigenvalue weighted by Crippen LogP contribution is 2.18. The molecule has 0 amide bonds. The molecule has 0 bridgehead atoms. The first-order chi connectivity index (χ1) is 8.65. The molecule has 0 aromatic heterocycles. The van der Waals surface area contributed by atoms with Crippen LogP contribution in [0.25, 0.3) is 0 Å². The third-order valence-electron chi connectivity index (χ3n) is 2.66. The first-order valence-electron chi connectivity index (χ1n) is 6.21. The van der Waals surface area contributed by atoms with Crippen molar-refractivity contribution in [1.82, 2.24) is 0 Å². The Morgan fingerprint density at radius 1 is 1.39 bits per heavy atom. The molecule has 0 spiro atoms. The van der Waals surface area contributed by atoms with Crippen LogP contribution in [-0.2, 0) is 5.75 Å². The molecule has 1 unspecified atom stereocenters. The molecular weight excluding hydrogens is 245 g/mol. The average Bonchev–Trinajstić information content (AvgIpc) is 2.35. The van der Waals surface area contributed by atoms with Crippen LogP contribution in [0.1, 0.15) is 31.4 Å². The van der Waals surface area contributed by atoms with Crippen LogP contribution in [0.5, 0.6) is 0 Å². The normalized spacial score (nSPS) is 11.8. The second kappa shape index (κ2) is 8.18. The molecule has 1 atom stereocenters. The predicted molar refractivity (Wildman–Crippen MR) is 77.9 cm³/mol. The molecule has 0 saturated carbocycles. The van der Waals surface area contributed by atoms with E-state index in [9.17, 15) is 4.39 Å². The summed E-state index contributed by atoms with van der Waals surface area (Å²) < 4.78 is 13.4. The Labute approximate surface area is 113 Å². The Balaban J connectivity index is 2.62. The van der Waals surface area contributed by atoms with Gasteiger partial charge < -0.3 is 5.73 Å². The number of hydrogen-bond acceptors (Lipinski definition) is 2. The van der Waals surface area contributed by atoms with Gasteiger partial charge in [-0.05, 0) is 35.4 Å². The van der Waals surface area contributed by atoms with E-state index in [0.717, 1.165) is 17.1 Å². The monoisotopic (exact) mass is 265 g/mol. The first-order valence-corrected chi connectivity index (χ1v) is 7.37. The molecule has 1 rings (SSSR count). The molecule has 2 N–H and O–H groups in total. The van der Waals surface area contributed by atoms with E-state index in [2.05, 4.69) is 25.7 Å². The largest absolute Gasteiger partial charge is 0.320 e. The molecule has 1 aromatic carbocycles. The smallest absolute Gasteiger partial charge is 0.124 e. The molecule has 0 aliphatic carbocycles. The van der Waals surface area contributed by atoms with Crippen LogP contribution in [0.15, 0.2) is 18.2 Å². The summed E-state index contributed by atoms with van der Waals surface area (Å²) >= 11 is 1.84. The van der Waals surface area contributed by atoms with Gasteiger partial charge in [0, 0.05) is 11.3 Å². The van der Waals surface area contributed by atoms with Crippen LogP contribution >= 0.6 is 11.8 Å². The van der Waals surface area contributed by atoms with Crippen molar-refractivity contribution in [2.45, 2.75) is 26.0 Å². The number of rotatable bonds is 5. The Morgan fingerprint density at radius 3 is 2.83 bits per heavy atom. The number of thioether (sulfide) groups is 1. The quantitative estimate of drug-likeness (QED) is 0.826. The molecule has 1 aromatic rings. The van der Waals surface area contributed by atoms with Crippen molar-refractivity contribution in [3.05, 3.63) is 35.1 Å². The Kier molecular flexibility index (Phi) is 6.85. The Morgan fingerprint density at radius 2 is 2.17 bits per heavy atom. The fraction of sp³-hybridized carbons (Fsp3) is 0.467. The predicted octanol–water partition coefficient (Wildman–Crippen LogP) is 3.42. The lowest BCUT2D eigenvalue weighted by Gasteiger charge is -2.08. The molecule has 0 heterocycles. The topological polar surface area (TPSA) is 26.0 Å². The van der Waals surface area contributed by atoms with Crippen molar-refractivity contribution in [1.29, 1.82) is 0 Å². The molecule has 0 aliphatic heterocycles. The van der Waals surface area contributed by atoms with Crippen LogP contribution in [0.4, 0.5) is 4.39 Å². The molecule has 0 aliphatic rings. The lowest BCUT2D eigenvalue weighted by atomic mass is 10.1. The summed E-state index contributed by atoms with van der Waals surface area (Å²) in [6.45, 7) is 4.72. The van der Waals surface area contributed by atoms with Crippen molar-refractivity contribution < 1.29 is 4.39 Å². The van der Waals surface area contributed by atoms with Crippen molar-refractivity contribution >= 4 is 11.8 Å². The lowest BCUT2D eigenvalue weighted by Crippen LogP contribution is -1.96. The number of benzene rings is 1. The van der Waals surface area contributed by atoms with E-state index in [4.69, 9.17) is 5.73 Å². The van der Waals surface area contributed by atoms with Gasteiger partial charge in [-0.2, -0.15) is 11.8 Å². The Bertz CT molecular complexity index is 434. The highest BCUT2D eigenvalue weighted by Gasteiger charge is 2.02. The van der Waals surface area contributed by atoms with Crippen molar-refractivity contribution in [3.8, 4) is 11.8 Å². The third-order valence-corrected chi connectivity index (χ3v) is 4.00. The van der Waals surface area contributed by atoms with E-state index in [0.29, 0.717) is 18.0 Å². The van der Waals surface area contributed by atoms with E-state index in [1.165, 1.54) is 12.5 Å². The van der Waals surface area contributed by atoms with Gasteiger partial charge in [-0.3, -0.25) is 0 Å². The number of hydrogen-bond donors (Lipinski definition) is 1. The van der Waals surface area contributed by atoms with Gasteiger partial charge in [0.1, 0.15) is 5.82 Å².